The zero-order chi connectivity index (χ0) is 13.0. The average molecular weight is 300 g/mol. The molecule has 0 spiro atoms. The molecule has 1 atom stereocenters. The lowest BCUT2D eigenvalue weighted by Gasteiger charge is -2.13. The first-order valence-electron chi connectivity index (χ1n) is 5.52. The van der Waals surface area contributed by atoms with Gasteiger partial charge in [0.25, 0.3) is 0 Å². The van der Waals surface area contributed by atoms with Gasteiger partial charge in [0.15, 0.2) is 6.29 Å². The largest absolute Gasteiger partial charge is 0.398 e. The molecule has 1 unspecified atom stereocenters. The van der Waals surface area contributed by atoms with Crippen molar-refractivity contribution in [1.29, 1.82) is 0 Å². The van der Waals surface area contributed by atoms with Crippen molar-refractivity contribution in [2.24, 2.45) is 0 Å². The van der Waals surface area contributed by atoms with E-state index in [0.29, 0.717) is 11.3 Å². The fourth-order valence-corrected chi connectivity index (χ4v) is 2.46. The molecule has 17 heavy (non-hydrogen) atoms. The van der Waals surface area contributed by atoms with E-state index in [1.54, 1.807) is 6.07 Å². The molecule has 1 rings (SSSR count). The summed E-state index contributed by atoms with van der Waals surface area (Å²) >= 11 is 3.49. The molecule has 0 radical (unpaired) electrons. The first-order chi connectivity index (χ1) is 8.06. The van der Waals surface area contributed by atoms with Crippen LogP contribution in [0.4, 0.5) is 5.69 Å². The van der Waals surface area contributed by atoms with Crippen LogP contribution in [0.2, 0.25) is 0 Å². The summed E-state index contributed by atoms with van der Waals surface area (Å²) in [4.78, 5) is 0. The molecule has 0 heterocycles. The third-order valence-electron chi connectivity index (χ3n) is 2.62. The molecule has 0 aliphatic rings. The van der Waals surface area contributed by atoms with Crippen LogP contribution in [0.25, 0.3) is 12.2 Å². The van der Waals surface area contributed by atoms with E-state index in [2.05, 4.69) is 15.9 Å². The van der Waals surface area contributed by atoms with Crippen molar-refractivity contribution in [3.8, 4) is 0 Å². The molecule has 1 aromatic rings. The Kier molecular flexibility index (Phi) is 5.18. The molecular formula is C13H18BrNO2. The third-order valence-corrected chi connectivity index (χ3v) is 3.27. The second kappa shape index (κ2) is 6.19. The Morgan fingerprint density at radius 2 is 2.18 bits per heavy atom. The van der Waals surface area contributed by atoms with Gasteiger partial charge in [-0.05, 0) is 24.6 Å². The highest BCUT2D eigenvalue weighted by Gasteiger charge is 2.12. The molecule has 3 nitrogen and oxygen atoms in total. The average Bonchev–Trinajstić information content (AvgIpc) is 2.33. The maximum atomic E-state index is 9.74. The summed E-state index contributed by atoms with van der Waals surface area (Å²) in [6.45, 7) is 4.01. The molecule has 3 N–H and O–H groups in total. The second-order valence-corrected chi connectivity index (χ2v) is 4.53. The van der Waals surface area contributed by atoms with Gasteiger partial charge in [-0.3, -0.25) is 0 Å². The van der Waals surface area contributed by atoms with Crippen molar-refractivity contribution < 1.29 is 9.84 Å². The summed E-state index contributed by atoms with van der Waals surface area (Å²) in [5.74, 6) is 0. The number of benzene rings is 1. The van der Waals surface area contributed by atoms with E-state index in [1.807, 2.05) is 26.0 Å². The number of rotatable bonds is 3. The van der Waals surface area contributed by atoms with Crippen LogP contribution in [0.15, 0.2) is 10.5 Å². The zero-order valence-corrected chi connectivity index (χ0v) is 11.9. The highest BCUT2D eigenvalue weighted by atomic mass is 79.9. The topological polar surface area (TPSA) is 55.5 Å². The number of halogens is 1. The van der Waals surface area contributed by atoms with Gasteiger partial charge in [-0.2, -0.15) is 0 Å². The van der Waals surface area contributed by atoms with Crippen molar-refractivity contribution in [1.82, 2.24) is 0 Å². The second-order valence-electron chi connectivity index (χ2n) is 3.68. The lowest BCUT2D eigenvalue weighted by molar-refractivity contribution is -0.0764. The number of aliphatic hydroxyl groups excluding tert-OH is 1. The summed E-state index contributed by atoms with van der Waals surface area (Å²) < 4.78 is 5.81. The smallest absolute Gasteiger partial charge is 0.182 e. The molecule has 0 aliphatic heterocycles. The van der Waals surface area contributed by atoms with Crippen molar-refractivity contribution in [3.63, 3.8) is 0 Å². The minimum atomic E-state index is -0.999. The number of ether oxygens (including phenoxy) is 1. The van der Waals surface area contributed by atoms with Gasteiger partial charge in [-0.25, -0.2) is 0 Å². The van der Waals surface area contributed by atoms with Gasteiger partial charge in [0.2, 0.25) is 0 Å². The molecule has 0 saturated heterocycles. The van der Waals surface area contributed by atoms with Gasteiger partial charge in [0, 0.05) is 28.1 Å². The maximum Gasteiger partial charge on any atom is 0.182 e. The molecule has 0 aliphatic carbocycles. The van der Waals surface area contributed by atoms with Crippen LogP contribution in [0.1, 0.15) is 32.1 Å². The minimum Gasteiger partial charge on any atom is -0.398 e. The molecule has 4 heteroatoms. The summed E-state index contributed by atoms with van der Waals surface area (Å²) in [6.07, 6.45) is 3.91. The van der Waals surface area contributed by atoms with Crippen LogP contribution < -0.4 is 16.2 Å². The Morgan fingerprint density at radius 1 is 1.53 bits per heavy atom. The number of aliphatic hydroxyl groups is 1. The number of nitrogen functional groups attached to an aromatic ring is 1. The molecule has 1 aromatic carbocycles. The Hall–Kier alpha value is -0.840. The van der Waals surface area contributed by atoms with Gasteiger partial charge in [-0.15, -0.1) is 0 Å². The fourth-order valence-electron chi connectivity index (χ4n) is 1.77. The van der Waals surface area contributed by atoms with Crippen molar-refractivity contribution >= 4 is 33.8 Å². The van der Waals surface area contributed by atoms with Gasteiger partial charge in [0.1, 0.15) is 0 Å². The van der Waals surface area contributed by atoms with E-state index in [0.717, 1.165) is 21.3 Å². The number of methoxy groups -OCH3 is 1. The maximum absolute atomic E-state index is 9.74. The van der Waals surface area contributed by atoms with E-state index in [1.165, 1.54) is 7.11 Å². The van der Waals surface area contributed by atoms with E-state index >= 15 is 0 Å². The summed E-state index contributed by atoms with van der Waals surface area (Å²) in [7, 11) is 1.45. The molecule has 0 aromatic heterocycles. The Bertz CT molecular complexity index is 511. The standard InChI is InChI=1S/C13H18BrNO2/c1-4-6-9-8(5-2)11(14)7-10(12(9)15)13(16)17-3/h5-7,13,16H,4,15H2,1-3H3/b8-5+,9-6+. The highest BCUT2D eigenvalue weighted by molar-refractivity contribution is 9.10. The van der Waals surface area contributed by atoms with Crippen LogP contribution in [0, 0.1) is 0 Å². The molecular weight excluding hydrogens is 282 g/mol. The van der Waals surface area contributed by atoms with Crippen LogP contribution in [-0.2, 0) is 4.74 Å². The van der Waals surface area contributed by atoms with E-state index in [9.17, 15) is 5.11 Å². The SMILES string of the molecule is C/C=c1/c(Br)cc(C(O)OC)c(N)/c1=C/CC. The molecule has 0 saturated carbocycles. The molecule has 0 amide bonds. The van der Waals surface area contributed by atoms with Crippen LogP contribution >= 0.6 is 15.9 Å². The Balaban J connectivity index is 3.68. The third kappa shape index (κ3) is 2.89. The summed E-state index contributed by atoms with van der Waals surface area (Å²) in [5.41, 5.74) is 7.23. The summed E-state index contributed by atoms with van der Waals surface area (Å²) in [5, 5.41) is 11.7. The zero-order valence-electron chi connectivity index (χ0n) is 10.3. The van der Waals surface area contributed by atoms with Gasteiger partial charge >= 0.3 is 0 Å². The van der Waals surface area contributed by atoms with Crippen molar-refractivity contribution in [3.05, 3.63) is 26.5 Å². The summed E-state index contributed by atoms with van der Waals surface area (Å²) in [6, 6.07) is 1.80. The fraction of sp³-hybridized carbons (Fsp3) is 0.385. The van der Waals surface area contributed by atoms with E-state index in [-0.39, 0.29) is 0 Å². The monoisotopic (exact) mass is 299 g/mol. The number of hydrogen-bond acceptors (Lipinski definition) is 3. The lowest BCUT2D eigenvalue weighted by Crippen LogP contribution is -2.31. The van der Waals surface area contributed by atoms with E-state index < -0.39 is 6.29 Å². The van der Waals surface area contributed by atoms with Crippen molar-refractivity contribution in [2.45, 2.75) is 26.6 Å². The quantitative estimate of drug-likeness (QED) is 0.659. The van der Waals surface area contributed by atoms with Gasteiger partial charge < -0.3 is 15.6 Å². The predicted molar refractivity (Wildman–Crippen MR) is 74.7 cm³/mol. The van der Waals surface area contributed by atoms with Crippen LogP contribution in [0.5, 0.6) is 0 Å². The molecule has 0 fully saturated rings. The van der Waals surface area contributed by atoms with Gasteiger partial charge in [-0.1, -0.05) is 35.0 Å². The van der Waals surface area contributed by atoms with E-state index in [4.69, 9.17) is 10.5 Å². The number of anilines is 1. The predicted octanol–water partition coefficient (Wildman–Crippen LogP) is 1.66. The Labute approximate surface area is 110 Å². The first kappa shape index (κ1) is 14.2. The van der Waals surface area contributed by atoms with Crippen LogP contribution in [0.3, 0.4) is 0 Å². The highest BCUT2D eigenvalue weighted by Crippen LogP contribution is 2.20. The minimum absolute atomic E-state index is 0.567. The van der Waals surface area contributed by atoms with Crippen molar-refractivity contribution in [2.75, 3.05) is 12.8 Å². The first-order valence-corrected chi connectivity index (χ1v) is 6.31. The molecule has 0 bridgehead atoms. The van der Waals surface area contributed by atoms with Crippen LogP contribution in [-0.4, -0.2) is 12.2 Å². The van der Waals surface area contributed by atoms with Gasteiger partial charge in [0.05, 0.1) is 0 Å². The number of nitrogens with two attached hydrogens (primary N) is 1. The lowest BCUT2D eigenvalue weighted by atomic mass is 10.1. The molecule has 94 valence electrons. The Morgan fingerprint density at radius 3 is 2.65 bits per heavy atom. The number of hydrogen-bond donors (Lipinski definition) is 2. The normalized spacial score (nSPS) is 15.4.